The van der Waals surface area contributed by atoms with Crippen molar-refractivity contribution in [2.75, 3.05) is 5.32 Å². The molecule has 1 heterocycles. The fourth-order valence-corrected chi connectivity index (χ4v) is 2.99. The van der Waals surface area contributed by atoms with E-state index < -0.39 is 0 Å². The maximum absolute atomic E-state index is 12.5. The van der Waals surface area contributed by atoms with Gasteiger partial charge in [-0.05, 0) is 56.7 Å². The molecule has 0 aliphatic carbocycles. The van der Waals surface area contributed by atoms with E-state index in [4.69, 9.17) is 0 Å². The standard InChI is InChI=1S/C20H20N2O2/c1-4-22-14(3)11-19(23)17-12-15(8-9-18(17)22)20(24)21-16-7-5-6-13(2)10-16/h5-12H,4H2,1-3H3,(H,21,24). The third kappa shape index (κ3) is 2.95. The summed E-state index contributed by atoms with van der Waals surface area (Å²) in [5, 5.41) is 3.44. The van der Waals surface area contributed by atoms with Crippen LogP contribution in [0.1, 0.15) is 28.5 Å². The van der Waals surface area contributed by atoms with Gasteiger partial charge >= 0.3 is 0 Å². The number of carbonyl (C=O) groups excluding carboxylic acids is 1. The largest absolute Gasteiger partial charge is 0.345 e. The molecule has 4 heteroatoms. The molecule has 0 spiro atoms. The zero-order chi connectivity index (χ0) is 17.3. The molecule has 0 aliphatic rings. The van der Waals surface area contributed by atoms with Crippen molar-refractivity contribution in [3.8, 4) is 0 Å². The molecule has 1 amide bonds. The molecule has 0 saturated carbocycles. The van der Waals surface area contributed by atoms with Crippen LogP contribution in [-0.2, 0) is 6.54 Å². The number of aromatic nitrogens is 1. The molecule has 3 rings (SSSR count). The summed E-state index contributed by atoms with van der Waals surface area (Å²) < 4.78 is 2.07. The van der Waals surface area contributed by atoms with Gasteiger partial charge in [-0.15, -0.1) is 0 Å². The van der Waals surface area contributed by atoms with Gasteiger partial charge < -0.3 is 9.88 Å². The number of pyridine rings is 1. The van der Waals surface area contributed by atoms with Gasteiger partial charge in [0, 0.05) is 34.9 Å². The number of nitrogens with one attached hydrogen (secondary N) is 1. The number of hydrogen-bond acceptors (Lipinski definition) is 2. The van der Waals surface area contributed by atoms with Crippen LogP contribution in [0.25, 0.3) is 10.9 Å². The highest BCUT2D eigenvalue weighted by Gasteiger charge is 2.11. The molecule has 0 atom stereocenters. The number of anilines is 1. The second-order valence-electron chi connectivity index (χ2n) is 5.95. The first kappa shape index (κ1) is 16.0. The van der Waals surface area contributed by atoms with Gasteiger partial charge in [0.05, 0.1) is 5.52 Å². The Kier molecular flexibility index (Phi) is 4.21. The van der Waals surface area contributed by atoms with Crippen molar-refractivity contribution in [1.29, 1.82) is 0 Å². The Labute approximate surface area is 140 Å². The van der Waals surface area contributed by atoms with Crippen LogP contribution in [0.4, 0.5) is 5.69 Å². The number of hydrogen-bond donors (Lipinski definition) is 1. The van der Waals surface area contributed by atoms with Gasteiger partial charge in [0.15, 0.2) is 5.43 Å². The quantitative estimate of drug-likeness (QED) is 0.796. The summed E-state index contributed by atoms with van der Waals surface area (Å²) in [6.45, 7) is 6.70. The summed E-state index contributed by atoms with van der Waals surface area (Å²) in [5.41, 5.74) is 4.02. The monoisotopic (exact) mass is 320 g/mol. The van der Waals surface area contributed by atoms with E-state index in [2.05, 4.69) is 9.88 Å². The van der Waals surface area contributed by atoms with Crippen LogP contribution < -0.4 is 10.7 Å². The highest BCUT2D eigenvalue weighted by molar-refractivity contribution is 6.06. The van der Waals surface area contributed by atoms with Crippen LogP contribution in [0.2, 0.25) is 0 Å². The van der Waals surface area contributed by atoms with Gasteiger partial charge in [-0.25, -0.2) is 0 Å². The van der Waals surface area contributed by atoms with E-state index in [9.17, 15) is 9.59 Å². The smallest absolute Gasteiger partial charge is 0.255 e. The Morgan fingerprint density at radius 1 is 1.08 bits per heavy atom. The Bertz CT molecular complexity index is 987. The van der Waals surface area contributed by atoms with Gasteiger partial charge in [0.25, 0.3) is 5.91 Å². The lowest BCUT2D eigenvalue weighted by atomic mass is 10.1. The molecule has 0 bridgehead atoms. The molecule has 24 heavy (non-hydrogen) atoms. The van der Waals surface area contributed by atoms with E-state index in [1.807, 2.05) is 51.1 Å². The van der Waals surface area contributed by atoms with Crippen LogP contribution >= 0.6 is 0 Å². The third-order valence-corrected chi connectivity index (χ3v) is 4.17. The molecular weight excluding hydrogens is 300 g/mol. The molecular formula is C20H20N2O2. The van der Waals surface area contributed by atoms with E-state index in [-0.39, 0.29) is 11.3 Å². The van der Waals surface area contributed by atoms with E-state index in [1.165, 1.54) is 0 Å². The Morgan fingerprint density at radius 2 is 1.88 bits per heavy atom. The first-order valence-corrected chi connectivity index (χ1v) is 8.02. The maximum atomic E-state index is 12.5. The van der Waals surface area contributed by atoms with Gasteiger partial charge in [-0.1, -0.05) is 12.1 Å². The fourth-order valence-electron chi connectivity index (χ4n) is 2.99. The fraction of sp³-hybridized carbons (Fsp3) is 0.200. The van der Waals surface area contributed by atoms with Crippen molar-refractivity contribution in [2.24, 2.45) is 0 Å². The molecule has 4 nitrogen and oxygen atoms in total. The lowest BCUT2D eigenvalue weighted by Gasteiger charge is -2.13. The highest BCUT2D eigenvalue weighted by atomic mass is 16.1. The summed E-state index contributed by atoms with van der Waals surface area (Å²) >= 11 is 0. The lowest BCUT2D eigenvalue weighted by molar-refractivity contribution is 0.102. The van der Waals surface area contributed by atoms with E-state index in [0.717, 1.165) is 29.0 Å². The molecule has 3 aromatic rings. The minimum absolute atomic E-state index is 0.0580. The number of rotatable bonds is 3. The van der Waals surface area contributed by atoms with Crippen LogP contribution in [0.3, 0.4) is 0 Å². The van der Waals surface area contributed by atoms with Crippen molar-refractivity contribution in [1.82, 2.24) is 4.57 Å². The lowest BCUT2D eigenvalue weighted by Crippen LogP contribution is -2.15. The van der Waals surface area contributed by atoms with Crippen molar-refractivity contribution in [3.05, 3.63) is 75.6 Å². The normalized spacial score (nSPS) is 10.8. The molecule has 1 aromatic heterocycles. The average Bonchev–Trinajstić information content (AvgIpc) is 2.55. The van der Waals surface area contributed by atoms with Crippen LogP contribution in [-0.4, -0.2) is 10.5 Å². The highest BCUT2D eigenvalue weighted by Crippen LogP contribution is 2.17. The van der Waals surface area contributed by atoms with Crippen molar-refractivity contribution in [2.45, 2.75) is 27.3 Å². The summed E-state index contributed by atoms with van der Waals surface area (Å²) in [4.78, 5) is 24.8. The number of carbonyl (C=O) groups is 1. The third-order valence-electron chi connectivity index (χ3n) is 4.17. The average molecular weight is 320 g/mol. The Morgan fingerprint density at radius 3 is 2.58 bits per heavy atom. The Hall–Kier alpha value is -2.88. The summed E-state index contributed by atoms with van der Waals surface area (Å²) in [7, 11) is 0. The number of aryl methyl sites for hydroxylation is 3. The summed E-state index contributed by atoms with van der Waals surface area (Å²) in [6.07, 6.45) is 0. The van der Waals surface area contributed by atoms with Gasteiger partial charge in [-0.3, -0.25) is 9.59 Å². The van der Waals surface area contributed by atoms with E-state index >= 15 is 0 Å². The first-order valence-electron chi connectivity index (χ1n) is 8.02. The topological polar surface area (TPSA) is 51.1 Å². The van der Waals surface area contributed by atoms with Gasteiger partial charge in [0.1, 0.15) is 0 Å². The van der Waals surface area contributed by atoms with E-state index in [0.29, 0.717) is 10.9 Å². The van der Waals surface area contributed by atoms with Gasteiger partial charge in [0.2, 0.25) is 0 Å². The number of fused-ring (bicyclic) bond motifs is 1. The first-order chi connectivity index (χ1) is 11.5. The van der Waals surface area contributed by atoms with Crippen molar-refractivity contribution >= 4 is 22.5 Å². The molecule has 0 radical (unpaired) electrons. The molecule has 0 fully saturated rings. The molecule has 1 N–H and O–H groups in total. The molecule has 122 valence electrons. The predicted molar refractivity (Wildman–Crippen MR) is 97.8 cm³/mol. The SMILES string of the molecule is CCn1c(C)cc(=O)c2cc(C(=O)Nc3cccc(C)c3)ccc21. The second-order valence-corrected chi connectivity index (χ2v) is 5.95. The summed E-state index contributed by atoms with van der Waals surface area (Å²) in [6, 6.07) is 14.5. The minimum Gasteiger partial charge on any atom is -0.345 e. The molecule has 2 aromatic carbocycles. The second kappa shape index (κ2) is 6.32. The number of benzene rings is 2. The van der Waals surface area contributed by atoms with Crippen LogP contribution in [0.15, 0.2) is 53.3 Å². The molecule has 0 aliphatic heterocycles. The Balaban J connectivity index is 2.02. The number of amides is 1. The summed E-state index contributed by atoms with van der Waals surface area (Å²) in [5.74, 6) is -0.217. The van der Waals surface area contributed by atoms with Crippen molar-refractivity contribution in [3.63, 3.8) is 0 Å². The van der Waals surface area contributed by atoms with Crippen LogP contribution in [0, 0.1) is 13.8 Å². The zero-order valence-electron chi connectivity index (χ0n) is 14.1. The minimum atomic E-state index is -0.217. The van der Waals surface area contributed by atoms with Crippen LogP contribution in [0.5, 0.6) is 0 Å². The van der Waals surface area contributed by atoms with Gasteiger partial charge in [-0.2, -0.15) is 0 Å². The predicted octanol–water partition coefficient (Wildman–Crippen LogP) is 3.89. The molecule has 0 saturated heterocycles. The zero-order valence-corrected chi connectivity index (χ0v) is 14.1. The maximum Gasteiger partial charge on any atom is 0.255 e. The van der Waals surface area contributed by atoms with E-state index in [1.54, 1.807) is 18.2 Å². The molecule has 0 unspecified atom stereocenters. The van der Waals surface area contributed by atoms with Crippen molar-refractivity contribution < 1.29 is 4.79 Å². The number of nitrogens with zero attached hydrogens (tertiary/aromatic N) is 1.